The van der Waals surface area contributed by atoms with E-state index in [1.165, 1.54) is 6.07 Å². The van der Waals surface area contributed by atoms with E-state index in [1.807, 2.05) is 29.2 Å². The van der Waals surface area contributed by atoms with Crippen LogP contribution in [0, 0.1) is 12.8 Å². The number of aromatic nitrogens is 2. The summed E-state index contributed by atoms with van der Waals surface area (Å²) in [4.78, 5) is 35.0. The number of aryl methyl sites for hydroxylation is 1. The number of halogens is 1. The topological polar surface area (TPSA) is 176 Å². The molecule has 15 heteroatoms. The van der Waals surface area contributed by atoms with Gasteiger partial charge in [-0.2, -0.15) is 14.8 Å². The molecule has 0 radical (unpaired) electrons. The summed E-state index contributed by atoms with van der Waals surface area (Å²) >= 11 is 0. The van der Waals surface area contributed by atoms with E-state index in [0.29, 0.717) is 31.2 Å². The smallest absolute Gasteiger partial charge is 0.241 e. The van der Waals surface area contributed by atoms with Gasteiger partial charge in [-0.05, 0) is 54.5 Å². The normalized spacial score (nSPS) is 17.8. The van der Waals surface area contributed by atoms with Crippen LogP contribution in [-0.4, -0.2) is 84.8 Å². The molecule has 4 N–H and O–H groups in total. The van der Waals surface area contributed by atoms with E-state index in [2.05, 4.69) is 25.3 Å². The molecule has 1 aromatic heterocycles. The van der Waals surface area contributed by atoms with Gasteiger partial charge in [0.2, 0.25) is 27.7 Å². The predicted molar refractivity (Wildman–Crippen MR) is 167 cm³/mol. The van der Waals surface area contributed by atoms with Gasteiger partial charge < -0.3 is 25.5 Å². The van der Waals surface area contributed by atoms with E-state index in [9.17, 15) is 18.0 Å². The van der Waals surface area contributed by atoms with Crippen molar-refractivity contribution in [1.82, 2.24) is 30.0 Å². The van der Waals surface area contributed by atoms with Crippen molar-refractivity contribution in [2.24, 2.45) is 16.9 Å². The summed E-state index contributed by atoms with van der Waals surface area (Å²) in [6.07, 6.45) is 5.07. The van der Waals surface area contributed by atoms with Crippen LogP contribution in [-0.2, 0) is 26.0 Å². The highest BCUT2D eigenvalue weighted by molar-refractivity contribution is 7.89. The Hall–Kier alpha value is -3.75. The third-order valence-corrected chi connectivity index (χ3v) is 9.27. The van der Waals surface area contributed by atoms with Crippen LogP contribution in [0.15, 0.2) is 57.0 Å². The maximum absolute atomic E-state index is 14.0. The number of rotatable bonds is 13. The minimum atomic E-state index is -4.14. The average molecular weight is 647 g/mol. The Morgan fingerprint density at radius 2 is 1.98 bits per heavy atom. The number of piperidine rings is 1. The number of hydrogen-bond donors (Lipinski definition) is 3. The molecule has 0 unspecified atom stereocenters. The van der Waals surface area contributed by atoms with E-state index in [-0.39, 0.29) is 42.2 Å². The zero-order valence-corrected chi connectivity index (χ0v) is 26.2. The number of fused-ring (bicyclic) bond motifs is 1. The van der Waals surface area contributed by atoms with Crippen molar-refractivity contribution in [3.8, 4) is 0 Å². The molecule has 1 saturated carbocycles. The number of hydrogen-bond acceptors (Lipinski definition) is 9. The highest BCUT2D eigenvalue weighted by Gasteiger charge is 2.38. The molecular formula is C29H39ClN8O5S. The summed E-state index contributed by atoms with van der Waals surface area (Å²) < 4.78 is 34.8. The minimum Gasteiger partial charge on any atom is -0.361 e. The quantitative estimate of drug-likeness (QED) is 0.108. The highest BCUT2D eigenvalue weighted by atomic mass is 35.5. The molecule has 0 bridgehead atoms. The van der Waals surface area contributed by atoms with Crippen molar-refractivity contribution in [3.63, 3.8) is 0 Å². The number of carbonyl (C=O) groups excluding carboxylic acids is 2. The summed E-state index contributed by atoms with van der Waals surface area (Å²) in [6, 6.07) is 10.9. The fourth-order valence-corrected chi connectivity index (χ4v) is 6.69. The molecule has 2 fully saturated rings. The second kappa shape index (κ2) is 14.8. The van der Waals surface area contributed by atoms with Gasteiger partial charge in [-0.3, -0.25) is 9.59 Å². The Bertz CT molecular complexity index is 1580. The molecule has 1 aliphatic carbocycles. The van der Waals surface area contributed by atoms with Crippen molar-refractivity contribution in [1.29, 1.82) is 0 Å². The number of nitrogens with one attached hydrogen (secondary N) is 2. The molecule has 2 atom stereocenters. The minimum absolute atomic E-state index is 0. The summed E-state index contributed by atoms with van der Waals surface area (Å²) in [6.45, 7) is 3.91. The predicted octanol–water partition coefficient (Wildman–Crippen LogP) is 1.95. The van der Waals surface area contributed by atoms with E-state index >= 15 is 0 Å². The van der Waals surface area contributed by atoms with E-state index < -0.39 is 27.9 Å². The average Bonchev–Trinajstić information content (AvgIpc) is 3.75. The van der Waals surface area contributed by atoms with E-state index in [4.69, 9.17) is 10.4 Å². The fourth-order valence-electron chi connectivity index (χ4n) is 5.47. The van der Waals surface area contributed by atoms with Crippen LogP contribution in [0.25, 0.3) is 10.8 Å². The number of amides is 2. The Labute approximate surface area is 263 Å². The van der Waals surface area contributed by atoms with Gasteiger partial charge in [0, 0.05) is 45.6 Å². The van der Waals surface area contributed by atoms with Gasteiger partial charge in [-0.1, -0.05) is 35.5 Å². The number of benzene rings is 2. The van der Waals surface area contributed by atoms with Crippen molar-refractivity contribution in [2.75, 3.05) is 26.2 Å². The Morgan fingerprint density at radius 3 is 2.68 bits per heavy atom. The number of hydrazone groups is 1. The second-order valence-electron chi connectivity index (χ2n) is 11.2. The van der Waals surface area contributed by atoms with Crippen LogP contribution < -0.4 is 15.9 Å². The molecule has 1 saturated heterocycles. The summed E-state index contributed by atoms with van der Waals surface area (Å²) in [5, 5.41) is 12.1. The van der Waals surface area contributed by atoms with Gasteiger partial charge in [0.25, 0.3) is 0 Å². The van der Waals surface area contributed by atoms with Gasteiger partial charge in [0.05, 0.1) is 11.3 Å². The zero-order valence-electron chi connectivity index (χ0n) is 24.6. The van der Waals surface area contributed by atoms with Gasteiger partial charge in [0.1, 0.15) is 12.4 Å². The largest absolute Gasteiger partial charge is 0.361 e. The number of nitrogens with two attached hydrogens (primary N) is 1. The molecule has 2 aliphatic rings. The van der Waals surface area contributed by atoms with Crippen molar-refractivity contribution in [3.05, 3.63) is 54.2 Å². The Balaban J connectivity index is 0.00000442. The van der Waals surface area contributed by atoms with Crippen molar-refractivity contribution >= 4 is 51.4 Å². The lowest BCUT2D eigenvalue weighted by Gasteiger charge is -2.31. The summed E-state index contributed by atoms with van der Waals surface area (Å²) in [7, 11) is -4.14. The molecule has 238 valence electrons. The first-order valence-electron chi connectivity index (χ1n) is 14.6. The van der Waals surface area contributed by atoms with Crippen LogP contribution in [0.3, 0.4) is 0 Å². The molecule has 44 heavy (non-hydrogen) atoms. The lowest BCUT2D eigenvalue weighted by Crippen LogP contribution is -2.52. The first-order valence-corrected chi connectivity index (χ1v) is 16.0. The molecule has 1 aliphatic heterocycles. The van der Waals surface area contributed by atoms with Crippen LogP contribution >= 0.6 is 12.4 Å². The standard InChI is InChI=1S/C29H38N8O5S.ClH/c1-20-33-27(34-42-20)12-14-37(24-9-10-24)29(39)26(16-28(38)31-17-21-5-4-13-36(18-21)19-32-30)35-43(40,41)25-11-8-22-6-2-3-7-23(22)15-25;/h2-3,6-8,11,15,19,21,24,26,35H,4-5,9-10,12-14,16-18,30H2,1H3,(H,31,38);1H/t21-,26-;/m0./s1. The SMILES string of the molecule is Cc1nc(CCN(C(=O)[C@H](CC(=O)NC[C@@H]2CCCN(C=NN)C2)NS(=O)(=O)c2ccc3ccccc3c2)C2CC2)no1.Cl. The number of carbonyl (C=O) groups is 2. The molecule has 2 amide bonds. The van der Waals surface area contributed by atoms with Crippen LogP contribution in [0.5, 0.6) is 0 Å². The van der Waals surface area contributed by atoms with Gasteiger partial charge in [-0.25, -0.2) is 8.42 Å². The third-order valence-electron chi connectivity index (χ3n) is 7.80. The number of nitrogens with zero attached hydrogens (tertiary/aromatic N) is 5. The molecule has 3 aromatic rings. The molecule has 2 aromatic carbocycles. The molecule has 5 rings (SSSR count). The Kier molecular flexibility index (Phi) is 11.2. The molecule has 2 heterocycles. The maximum atomic E-state index is 14.0. The summed E-state index contributed by atoms with van der Waals surface area (Å²) in [5.74, 6) is 5.49. The monoisotopic (exact) mass is 646 g/mol. The molecular weight excluding hydrogens is 608 g/mol. The maximum Gasteiger partial charge on any atom is 0.241 e. The zero-order chi connectivity index (χ0) is 30.4. The van der Waals surface area contributed by atoms with Gasteiger partial charge in [0.15, 0.2) is 5.82 Å². The fraction of sp³-hybridized carbons (Fsp3) is 0.483. The Morgan fingerprint density at radius 1 is 1.20 bits per heavy atom. The molecule has 0 spiro atoms. The second-order valence-corrected chi connectivity index (χ2v) is 12.9. The van der Waals surface area contributed by atoms with E-state index in [0.717, 1.165) is 43.0 Å². The lowest BCUT2D eigenvalue weighted by molar-refractivity contribution is -0.136. The third kappa shape index (κ3) is 8.67. The van der Waals surface area contributed by atoms with Crippen LogP contribution in [0.2, 0.25) is 0 Å². The lowest BCUT2D eigenvalue weighted by atomic mass is 9.98. The molecule has 13 nitrogen and oxygen atoms in total. The number of likely N-dealkylation sites (tertiary alicyclic amines) is 1. The van der Waals surface area contributed by atoms with Crippen LogP contribution in [0.4, 0.5) is 0 Å². The first-order chi connectivity index (χ1) is 20.7. The van der Waals surface area contributed by atoms with Crippen LogP contribution in [0.1, 0.15) is 43.8 Å². The van der Waals surface area contributed by atoms with Gasteiger partial charge in [-0.15, -0.1) is 12.4 Å². The van der Waals surface area contributed by atoms with E-state index in [1.54, 1.807) is 30.3 Å². The first kappa shape index (κ1) is 33.1. The van der Waals surface area contributed by atoms with Crippen molar-refractivity contribution in [2.45, 2.75) is 62.4 Å². The van der Waals surface area contributed by atoms with Crippen molar-refractivity contribution < 1.29 is 22.5 Å². The van der Waals surface area contributed by atoms with Gasteiger partial charge >= 0.3 is 0 Å². The summed E-state index contributed by atoms with van der Waals surface area (Å²) in [5.41, 5.74) is 0. The number of sulfonamides is 1. The highest BCUT2D eigenvalue weighted by Crippen LogP contribution is 2.28.